The molecule has 0 saturated carbocycles. The minimum Gasteiger partial charge on any atom is -0.508 e. The van der Waals surface area contributed by atoms with E-state index in [-0.39, 0.29) is 29.3 Å². The van der Waals surface area contributed by atoms with Crippen molar-refractivity contribution in [3.8, 4) is 17.2 Å². The molecule has 0 saturated heterocycles. The Hall–Kier alpha value is -2.49. The number of phenols is 2. The molecule has 0 aliphatic carbocycles. The smallest absolute Gasteiger partial charge is 0.170 e. The molecule has 2 N–H and O–H groups in total. The predicted molar refractivity (Wildman–Crippen MR) is 80.2 cm³/mol. The molecule has 21 heavy (non-hydrogen) atoms. The lowest BCUT2D eigenvalue weighted by atomic mass is 9.99. The van der Waals surface area contributed by atoms with Crippen molar-refractivity contribution in [2.24, 2.45) is 0 Å². The van der Waals surface area contributed by atoms with Gasteiger partial charge < -0.3 is 14.9 Å². The van der Waals surface area contributed by atoms with Crippen molar-refractivity contribution in [3.63, 3.8) is 0 Å². The van der Waals surface area contributed by atoms with E-state index in [0.717, 1.165) is 11.3 Å². The third kappa shape index (κ3) is 3.34. The van der Waals surface area contributed by atoms with E-state index in [1.54, 1.807) is 25.3 Å². The van der Waals surface area contributed by atoms with E-state index in [1.165, 1.54) is 6.07 Å². The minimum atomic E-state index is -0.191. The van der Waals surface area contributed by atoms with Gasteiger partial charge in [-0.3, -0.25) is 4.79 Å². The highest BCUT2D eigenvalue weighted by atomic mass is 16.5. The Morgan fingerprint density at radius 1 is 1.10 bits per heavy atom. The molecule has 0 atom stereocenters. The lowest BCUT2D eigenvalue weighted by Gasteiger charge is -2.09. The van der Waals surface area contributed by atoms with E-state index in [9.17, 15) is 15.0 Å². The van der Waals surface area contributed by atoms with Crippen LogP contribution in [0.5, 0.6) is 17.2 Å². The molecule has 0 spiro atoms. The Morgan fingerprint density at radius 3 is 2.33 bits per heavy atom. The Labute approximate surface area is 123 Å². The SMILES string of the molecule is CCc1cc(C(=O)Cc2ccc(OC)cc2)c(O)cc1O. The Morgan fingerprint density at radius 2 is 1.76 bits per heavy atom. The largest absolute Gasteiger partial charge is 0.508 e. The van der Waals surface area contributed by atoms with E-state index in [1.807, 2.05) is 19.1 Å². The van der Waals surface area contributed by atoms with Gasteiger partial charge in [0.15, 0.2) is 5.78 Å². The summed E-state index contributed by atoms with van der Waals surface area (Å²) in [6.07, 6.45) is 0.778. The molecule has 110 valence electrons. The van der Waals surface area contributed by atoms with Crippen LogP contribution in [0, 0.1) is 0 Å². The first-order valence-electron chi connectivity index (χ1n) is 6.76. The van der Waals surface area contributed by atoms with Gasteiger partial charge in [0, 0.05) is 12.5 Å². The third-order valence-corrected chi connectivity index (χ3v) is 3.40. The number of ether oxygens (including phenoxy) is 1. The van der Waals surface area contributed by atoms with Gasteiger partial charge in [0.1, 0.15) is 17.2 Å². The number of benzene rings is 2. The number of Topliss-reactive ketones (excluding diaryl/α,β-unsaturated/α-hetero) is 1. The first-order chi connectivity index (χ1) is 10.0. The lowest BCUT2D eigenvalue weighted by molar-refractivity contribution is 0.0990. The van der Waals surface area contributed by atoms with Crippen LogP contribution in [0.3, 0.4) is 0 Å². The molecule has 2 aromatic carbocycles. The zero-order valence-electron chi connectivity index (χ0n) is 12.1. The van der Waals surface area contributed by atoms with Gasteiger partial charge in [-0.15, -0.1) is 0 Å². The summed E-state index contributed by atoms with van der Waals surface area (Å²) < 4.78 is 5.07. The number of hydrogen-bond acceptors (Lipinski definition) is 4. The zero-order chi connectivity index (χ0) is 15.4. The Balaban J connectivity index is 2.23. The number of carbonyl (C=O) groups excluding carboxylic acids is 1. The van der Waals surface area contributed by atoms with Crippen molar-refractivity contribution >= 4 is 5.78 Å². The Kier molecular flexibility index (Phi) is 4.48. The summed E-state index contributed by atoms with van der Waals surface area (Å²) in [4.78, 5) is 12.3. The van der Waals surface area contributed by atoms with Crippen LogP contribution >= 0.6 is 0 Å². The Bertz CT molecular complexity index is 645. The van der Waals surface area contributed by atoms with Crippen molar-refractivity contribution in [2.45, 2.75) is 19.8 Å². The summed E-state index contributed by atoms with van der Waals surface area (Å²) in [5.74, 6) is 0.360. The van der Waals surface area contributed by atoms with Gasteiger partial charge in [-0.1, -0.05) is 19.1 Å². The molecular weight excluding hydrogens is 268 g/mol. The maximum absolute atomic E-state index is 12.3. The molecule has 0 bridgehead atoms. The standard InChI is InChI=1S/C17H18O4/c1-3-12-9-14(17(20)10-15(12)18)16(19)8-11-4-6-13(21-2)7-5-11/h4-7,9-10,18,20H,3,8H2,1-2H3. The van der Waals surface area contributed by atoms with Crippen molar-refractivity contribution in [1.82, 2.24) is 0 Å². The number of phenolic OH excluding ortho intramolecular Hbond substituents is 2. The topological polar surface area (TPSA) is 66.8 Å². The highest BCUT2D eigenvalue weighted by Crippen LogP contribution is 2.28. The zero-order valence-corrected chi connectivity index (χ0v) is 12.1. The van der Waals surface area contributed by atoms with Gasteiger partial charge in [-0.2, -0.15) is 0 Å². The maximum atomic E-state index is 12.3. The monoisotopic (exact) mass is 286 g/mol. The van der Waals surface area contributed by atoms with E-state index >= 15 is 0 Å². The first kappa shape index (κ1) is 14.9. The number of aryl methyl sites for hydroxylation is 1. The lowest BCUT2D eigenvalue weighted by Crippen LogP contribution is -2.05. The molecular formula is C17H18O4. The van der Waals surface area contributed by atoms with Crippen LogP contribution in [0.1, 0.15) is 28.4 Å². The van der Waals surface area contributed by atoms with Crippen molar-refractivity contribution < 1.29 is 19.7 Å². The third-order valence-electron chi connectivity index (χ3n) is 3.40. The summed E-state index contributed by atoms with van der Waals surface area (Å²) in [5, 5.41) is 19.5. The number of ketones is 1. The summed E-state index contributed by atoms with van der Waals surface area (Å²) in [5.41, 5.74) is 1.72. The van der Waals surface area contributed by atoms with Crippen LogP contribution in [0.4, 0.5) is 0 Å². The van der Waals surface area contributed by atoms with E-state index in [2.05, 4.69) is 0 Å². The number of aromatic hydroxyl groups is 2. The summed E-state index contributed by atoms with van der Waals surface area (Å²) >= 11 is 0. The van der Waals surface area contributed by atoms with Crippen LogP contribution < -0.4 is 4.74 Å². The van der Waals surface area contributed by atoms with Gasteiger partial charge in [-0.05, 0) is 35.7 Å². The second-order valence-corrected chi connectivity index (χ2v) is 4.80. The van der Waals surface area contributed by atoms with Crippen LogP contribution in [0.2, 0.25) is 0 Å². The van der Waals surface area contributed by atoms with Gasteiger partial charge in [0.05, 0.1) is 12.7 Å². The van der Waals surface area contributed by atoms with Crippen LogP contribution in [-0.4, -0.2) is 23.1 Å². The molecule has 4 nitrogen and oxygen atoms in total. The van der Waals surface area contributed by atoms with Crippen molar-refractivity contribution in [3.05, 3.63) is 53.1 Å². The minimum absolute atomic E-state index is 0.0102. The van der Waals surface area contributed by atoms with Gasteiger partial charge in [0.25, 0.3) is 0 Å². The van der Waals surface area contributed by atoms with Crippen molar-refractivity contribution in [2.75, 3.05) is 7.11 Å². The van der Waals surface area contributed by atoms with Crippen molar-refractivity contribution in [1.29, 1.82) is 0 Å². The maximum Gasteiger partial charge on any atom is 0.170 e. The van der Waals surface area contributed by atoms with E-state index in [4.69, 9.17) is 4.74 Å². The molecule has 0 aromatic heterocycles. The molecule has 0 radical (unpaired) electrons. The number of carbonyl (C=O) groups is 1. The normalized spacial score (nSPS) is 10.4. The fourth-order valence-electron chi connectivity index (χ4n) is 2.15. The molecule has 0 aliphatic heterocycles. The number of rotatable bonds is 5. The number of hydrogen-bond donors (Lipinski definition) is 2. The first-order valence-corrected chi connectivity index (χ1v) is 6.76. The summed E-state index contributed by atoms with van der Waals surface area (Å²) in [7, 11) is 1.58. The molecule has 2 aromatic rings. The second-order valence-electron chi connectivity index (χ2n) is 4.80. The van der Waals surface area contributed by atoms with Crippen LogP contribution in [-0.2, 0) is 12.8 Å². The predicted octanol–water partition coefficient (Wildman–Crippen LogP) is 3.09. The summed E-state index contributed by atoms with van der Waals surface area (Å²) in [6, 6.07) is 9.98. The molecule has 0 heterocycles. The molecule has 0 amide bonds. The molecule has 2 rings (SSSR count). The number of methoxy groups -OCH3 is 1. The molecule has 0 aliphatic rings. The quantitative estimate of drug-likeness (QED) is 0.829. The fraction of sp³-hybridized carbons (Fsp3) is 0.235. The molecule has 0 unspecified atom stereocenters. The average Bonchev–Trinajstić information content (AvgIpc) is 2.48. The van der Waals surface area contributed by atoms with Gasteiger partial charge >= 0.3 is 0 Å². The molecule has 4 heteroatoms. The van der Waals surface area contributed by atoms with Crippen LogP contribution in [0.15, 0.2) is 36.4 Å². The van der Waals surface area contributed by atoms with E-state index < -0.39 is 0 Å². The van der Waals surface area contributed by atoms with E-state index in [0.29, 0.717) is 12.0 Å². The van der Waals surface area contributed by atoms with Gasteiger partial charge in [0.2, 0.25) is 0 Å². The molecule has 0 fully saturated rings. The summed E-state index contributed by atoms with van der Waals surface area (Å²) in [6.45, 7) is 1.88. The van der Waals surface area contributed by atoms with Gasteiger partial charge in [-0.25, -0.2) is 0 Å². The highest BCUT2D eigenvalue weighted by Gasteiger charge is 2.15. The fourth-order valence-corrected chi connectivity index (χ4v) is 2.15. The second kappa shape index (κ2) is 6.31. The van der Waals surface area contributed by atoms with Crippen LogP contribution in [0.25, 0.3) is 0 Å². The highest BCUT2D eigenvalue weighted by molar-refractivity contribution is 6.00. The average molecular weight is 286 g/mol.